The highest BCUT2D eigenvalue weighted by molar-refractivity contribution is 6.33. The summed E-state index contributed by atoms with van der Waals surface area (Å²) in [5.74, 6) is 0.0645. The summed E-state index contributed by atoms with van der Waals surface area (Å²) in [6, 6.07) is 11.2. The number of benzene rings is 2. The molecule has 5 heteroatoms. The predicted octanol–water partition coefficient (Wildman–Crippen LogP) is 4.37. The largest absolute Gasteiger partial charge is 0.339 e. The van der Waals surface area contributed by atoms with E-state index >= 15 is 0 Å². The molecule has 2 amide bonds. The van der Waals surface area contributed by atoms with Crippen molar-refractivity contribution in [1.29, 1.82) is 0 Å². The second kappa shape index (κ2) is 6.89. The first-order valence-electron chi connectivity index (χ1n) is 8.14. The number of nitrogens with zero attached hydrogens (tertiary/aromatic N) is 1. The fourth-order valence-electron chi connectivity index (χ4n) is 3.38. The molecule has 1 N–H and O–H groups in total. The zero-order chi connectivity index (χ0) is 16.7. The van der Waals surface area contributed by atoms with Gasteiger partial charge in [-0.05, 0) is 54.3 Å². The quantitative estimate of drug-likeness (QED) is 0.868. The van der Waals surface area contributed by atoms with Crippen LogP contribution in [-0.2, 0) is 11.2 Å². The SMILES string of the molecule is C.O=C1Cc2cc(-c3cc(C(=O)N4CCCC4)ccc3Cl)ccc2N1. The van der Waals surface area contributed by atoms with Gasteiger partial charge in [-0.3, -0.25) is 9.59 Å². The normalized spacial score (nSPS) is 15.6. The van der Waals surface area contributed by atoms with Crippen molar-refractivity contribution in [2.45, 2.75) is 26.7 Å². The molecule has 1 fully saturated rings. The number of fused-ring (bicyclic) bond motifs is 1. The molecular formula is C20H21ClN2O2. The molecule has 2 aliphatic rings. The standard InChI is InChI=1S/C19H17ClN2O2.CH4/c20-16-5-3-13(19(24)22-7-1-2-8-22)10-15(16)12-4-6-17-14(9-12)11-18(23)21-17;/h3-6,9-10H,1-2,7-8,11H2,(H,21,23);1H4. The second-order valence-electron chi connectivity index (χ2n) is 6.29. The van der Waals surface area contributed by atoms with Crippen molar-refractivity contribution in [3.63, 3.8) is 0 Å². The summed E-state index contributed by atoms with van der Waals surface area (Å²) >= 11 is 6.37. The van der Waals surface area contributed by atoms with Crippen molar-refractivity contribution in [2.75, 3.05) is 18.4 Å². The lowest BCUT2D eigenvalue weighted by Crippen LogP contribution is -2.27. The Hall–Kier alpha value is -2.33. The minimum absolute atomic E-state index is 0. The van der Waals surface area contributed by atoms with Gasteiger partial charge in [0.15, 0.2) is 0 Å². The Morgan fingerprint density at radius 1 is 1.08 bits per heavy atom. The Kier molecular flexibility index (Phi) is 4.82. The van der Waals surface area contributed by atoms with E-state index in [0.29, 0.717) is 17.0 Å². The summed E-state index contributed by atoms with van der Waals surface area (Å²) in [5, 5.41) is 3.43. The molecule has 0 aliphatic carbocycles. The van der Waals surface area contributed by atoms with Crippen molar-refractivity contribution < 1.29 is 9.59 Å². The second-order valence-corrected chi connectivity index (χ2v) is 6.70. The number of hydrogen-bond acceptors (Lipinski definition) is 2. The molecule has 0 radical (unpaired) electrons. The Morgan fingerprint density at radius 2 is 1.84 bits per heavy atom. The Labute approximate surface area is 152 Å². The first kappa shape index (κ1) is 17.5. The van der Waals surface area contributed by atoms with Crippen LogP contribution in [0, 0.1) is 0 Å². The van der Waals surface area contributed by atoms with Crippen LogP contribution in [0.15, 0.2) is 36.4 Å². The number of rotatable bonds is 2. The molecule has 2 aliphatic heterocycles. The predicted molar refractivity (Wildman–Crippen MR) is 101 cm³/mol. The van der Waals surface area contributed by atoms with Crippen LogP contribution in [0.3, 0.4) is 0 Å². The summed E-state index contributed by atoms with van der Waals surface area (Å²) in [7, 11) is 0. The fraction of sp³-hybridized carbons (Fsp3) is 0.300. The van der Waals surface area contributed by atoms with Gasteiger partial charge < -0.3 is 10.2 Å². The van der Waals surface area contributed by atoms with Gasteiger partial charge in [0.2, 0.25) is 5.91 Å². The fourth-order valence-corrected chi connectivity index (χ4v) is 3.61. The van der Waals surface area contributed by atoms with Crippen LogP contribution in [0.4, 0.5) is 5.69 Å². The third-order valence-electron chi connectivity index (χ3n) is 4.65. The topological polar surface area (TPSA) is 49.4 Å². The van der Waals surface area contributed by atoms with Crippen LogP contribution in [0.1, 0.15) is 36.2 Å². The van der Waals surface area contributed by atoms with Gasteiger partial charge in [0.1, 0.15) is 0 Å². The molecule has 0 atom stereocenters. The lowest BCUT2D eigenvalue weighted by molar-refractivity contribution is -0.115. The van der Waals surface area contributed by atoms with Gasteiger partial charge in [0.25, 0.3) is 5.91 Å². The van der Waals surface area contributed by atoms with E-state index < -0.39 is 0 Å². The lowest BCUT2D eigenvalue weighted by Gasteiger charge is -2.16. The van der Waals surface area contributed by atoms with E-state index in [0.717, 1.165) is 48.3 Å². The van der Waals surface area contributed by atoms with Crippen LogP contribution in [0.25, 0.3) is 11.1 Å². The van der Waals surface area contributed by atoms with Gasteiger partial charge in [-0.2, -0.15) is 0 Å². The van der Waals surface area contributed by atoms with Crippen molar-refractivity contribution in [1.82, 2.24) is 4.90 Å². The maximum Gasteiger partial charge on any atom is 0.253 e. The maximum atomic E-state index is 12.6. The lowest BCUT2D eigenvalue weighted by atomic mass is 9.99. The number of carbonyl (C=O) groups excluding carboxylic acids is 2. The van der Waals surface area contributed by atoms with E-state index in [4.69, 9.17) is 11.6 Å². The third kappa shape index (κ3) is 3.27. The molecular weight excluding hydrogens is 336 g/mol. The highest BCUT2D eigenvalue weighted by Gasteiger charge is 2.21. The Morgan fingerprint density at radius 3 is 2.60 bits per heavy atom. The molecule has 25 heavy (non-hydrogen) atoms. The number of amides is 2. The molecule has 2 heterocycles. The van der Waals surface area contributed by atoms with Crippen LogP contribution in [0.2, 0.25) is 5.02 Å². The average molecular weight is 357 g/mol. The third-order valence-corrected chi connectivity index (χ3v) is 4.98. The molecule has 4 rings (SSSR count). The summed E-state index contributed by atoms with van der Waals surface area (Å²) < 4.78 is 0. The number of likely N-dealkylation sites (tertiary alicyclic amines) is 1. The summed E-state index contributed by atoms with van der Waals surface area (Å²) in [6.45, 7) is 1.65. The van der Waals surface area contributed by atoms with E-state index in [9.17, 15) is 9.59 Å². The van der Waals surface area contributed by atoms with Gasteiger partial charge in [0.05, 0.1) is 6.42 Å². The van der Waals surface area contributed by atoms with Crippen molar-refractivity contribution in [3.05, 3.63) is 52.5 Å². The molecule has 0 saturated carbocycles. The van der Waals surface area contributed by atoms with Gasteiger partial charge in [0, 0.05) is 34.9 Å². The molecule has 0 unspecified atom stereocenters. The molecule has 1 saturated heterocycles. The molecule has 0 spiro atoms. The zero-order valence-electron chi connectivity index (χ0n) is 13.1. The smallest absolute Gasteiger partial charge is 0.253 e. The zero-order valence-corrected chi connectivity index (χ0v) is 13.9. The highest BCUT2D eigenvalue weighted by atomic mass is 35.5. The van der Waals surface area contributed by atoms with Crippen molar-refractivity contribution in [2.24, 2.45) is 0 Å². The molecule has 0 bridgehead atoms. The number of hydrogen-bond donors (Lipinski definition) is 1. The van der Waals surface area contributed by atoms with Gasteiger partial charge in [-0.25, -0.2) is 0 Å². The number of anilines is 1. The van der Waals surface area contributed by atoms with Crippen LogP contribution >= 0.6 is 11.6 Å². The number of nitrogens with one attached hydrogen (secondary N) is 1. The van der Waals surface area contributed by atoms with Crippen molar-refractivity contribution >= 4 is 29.1 Å². The van der Waals surface area contributed by atoms with Crippen molar-refractivity contribution in [3.8, 4) is 11.1 Å². The van der Waals surface area contributed by atoms with Gasteiger partial charge >= 0.3 is 0 Å². The van der Waals surface area contributed by atoms with E-state index in [2.05, 4.69) is 5.32 Å². The van der Waals surface area contributed by atoms with E-state index in [1.165, 1.54) is 0 Å². The molecule has 2 aromatic carbocycles. The summed E-state index contributed by atoms with van der Waals surface area (Å²) in [4.78, 5) is 26.0. The van der Waals surface area contributed by atoms with Crippen LogP contribution in [-0.4, -0.2) is 29.8 Å². The first-order chi connectivity index (χ1) is 11.6. The Bertz CT molecular complexity index is 842. The Balaban J connectivity index is 0.00000182. The maximum absolute atomic E-state index is 12.6. The molecule has 130 valence electrons. The van der Waals surface area contributed by atoms with E-state index in [1.807, 2.05) is 29.2 Å². The van der Waals surface area contributed by atoms with E-state index in [-0.39, 0.29) is 19.2 Å². The van der Waals surface area contributed by atoms with Crippen LogP contribution < -0.4 is 5.32 Å². The minimum atomic E-state index is 0. The molecule has 0 aromatic heterocycles. The molecule has 4 nitrogen and oxygen atoms in total. The van der Waals surface area contributed by atoms with Crippen LogP contribution in [0.5, 0.6) is 0 Å². The average Bonchev–Trinajstić information content (AvgIpc) is 3.22. The summed E-state index contributed by atoms with van der Waals surface area (Å²) in [6.07, 6.45) is 2.52. The summed E-state index contributed by atoms with van der Waals surface area (Å²) in [5.41, 5.74) is 4.22. The minimum Gasteiger partial charge on any atom is -0.339 e. The first-order valence-corrected chi connectivity index (χ1v) is 8.51. The monoisotopic (exact) mass is 356 g/mol. The van der Waals surface area contributed by atoms with Gasteiger partial charge in [-0.15, -0.1) is 0 Å². The van der Waals surface area contributed by atoms with Gasteiger partial charge in [-0.1, -0.05) is 25.1 Å². The number of carbonyl (C=O) groups is 2. The van der Waals surface area contributed by atoms with E-state index in [1.54, 1.807) is 12.1 Å². The number of halogens is 1. The molecule has 2 aromatic rings. The highest BCUT2D eigenvalue weighted by Crippen LogP contribution is 2.33.